The second-order valence-electron chi connectivity index (χ2n) is 4.93. The van der Waals surface area contributed by atoms with E-state index in [0.29, 0.717) is 17.5 Å². The van der Waals surface area contributed by atoms with Crippen molar-refractivity contribution in [1.29, 1.82) is 0 Å². The molecule has 1 aromatic heterocycles. The summed E-state index contributed by atoms with van der Waals surface area (Å²) in [5, 5.41) is 3.63. The van der Waals surface area contributed by atoms with Crippen molar-refractivity contribution < 1.29 is 18.8 Å². The van der Waals surface area contributed by atoms with Crippen molar-refractivity contribution in [3.8, 4) is 5.75 Å². The molecule has 0 spiro atoms. The van der Waals surface area contributed by atoms with Crippen molar-refractivity contribution in [3.05, 3.63) is 40.5 Å². The molecule has 0 N–H and O–H groups in total. The molecule has 0 bridgehead atoms. The fraction of sp³-hybridized carbons (Fsp3) is 0.400. The first kappa shape index (κ1) is 15.2. The fourth-order valence-electron chi connectivity index (χ4n) is 2.09. The predicted octanol–water partition coefficient (Wildman–Crippen LogP) is 2.43. The highest BCUT2D eigenvalue weighted by Crippen LogP contribution is 2.24. The molecule has 0 unspecified atom stereocenters. The molecule has 0 saturated heterocycles. The Balaban J connectivity index is 1.87. The maximum absolute atomic E-state index is 11.8. The van der Waals surface area contributed by atoms with Crippen LogP contribution in [0, 0.1) is 27.7 Å². The number of ether oxygens (including phenoxy) is 2. The summed E-state index contributed by atoms with van der Waals surface area (Å²) in [4.78, 5) is 15.8. The Kier molecular flexibility index (Phi) is 4.70. The van der Waals surface area contributed by atoms with E-state index in [1.54, 1.807) is 6.92 Å². The van der Waals surface area contributed by atoms with Crippen LogP contribution < -0.4 is 4.74 Å². The van der Waals surface area contributed by atoms with Crippen LogP contribution >= 0.6 is 0 Å². The third kappa shape index (κ3) is 4.13. The molecule has 0 aliphatic heterocycles. The Morgan fingerprint density at radius 3 is 2.43 bits per heavy atom. The van der Waals surface area contributed by atoms with Gasteiger partial charge < -0.3 is 14.0 Å². The summed E-state index contributed by atoms with van der Waals surface area (Å²) in [6, 6.07) is 3.94. The standard InChI is InChI=1S/C15H18N2O4/c1-9-5-10(2)15(11(3)6-9)20-14(18)8-19-7-13-16-12(4)17-21-13/h5-6H,7-8H2,1-4H3. The van der Waals surface area contributed by atoms with Gasteiger partial charge >= 0.3 is 5.97 Å². The van der Waals surface area contributed by atoms with Gasteiger partial charge in [-0.3, -0.25) is 0 Å². The van der Waals surface area contributed by atoms with Gasteiger partial charge in [0.2, 0.25) is 0 Å². The molecule has 0 amide bonds. The zero-order valence-corrected chi connectivity index (χ0v) is 12.6. The van der Waals surface area contributed by atoms with E-state index in [-0.39, 0.29) is 13.2 Å². The van der Waals surface area contributed by atoms with Crippen molar-refractivity contribution in [1.82, 2.24) is 10.1 Å². The molecule has 0 saturated carbocycles. The van der Waals surface area contributed by atoms with Gasteiger partial charge in [0.1, 0.15) is 19.0 Å². The van der Waals surface area contributed by atoms with Crippen molar-refractivity contribution in [2.75, 3.05) is 6.61 Å². The van der Waals surface area contributed by atoms with Gasteiger partial charge in [-0.05, 0) is 38.8 Å². The van der Waals surface area contributed by atoms with Gasteiger partial charge in [-0.1, -0.05) is 22.9 Å². The molecule has 112 valence electrons. The van der Waals surface area contributed by atoms with E-state index in [4.69, 9.17) is 14.0 Å². The van der Waals surface area contributed by atoms with E-state index in [1.165, 1.54) is 0 Å². The highest BCUT2D eigenvalue weighted by Gasteiger charge is 2.12. The molecule has 0 fully saturated rings. The maximum Gasteiger partial charge on any atom is 0.337 e. The fourth-order valence-corrected chi connectivity index (χ4v) is 2.09. The molecule has 6 nitrogen and oxygen atoms in total. The summed E-state index contributed by atoms with van der Waals surface area (Å²) in [7, 11) is 0. The average molecular weight is 290 g/mol. The Morgan fingerprint density at radius 1 is 1.19 bits per heavy atom. The van der Waals surface area contributed by atoms with Crippen LogP contribution in [0.3, 0.4) is 0 Å². The lowest BCUT2D eigenvalue weighted by atomic mass is 10.1. The lowest BCUT2D eigenvalue weighted by molar-refractivity contribution is -0.140. The van der Waals surface area contributed by atoms with Gasteiger partial charge in [0, 0.05) is 0 Å². The van der Waals surface area contributed by atoms with E-state index in [0.717, 1.165) is 16.7 Å². The third-order valence-electron chi connectivity index (χ3n) is 2.84. The van der Waals surface area contributed by atoms with Gasteiger partial charge in [0.25, 0.3) is 5.89 Å². The lowest BCUT2D eigenvalue weighted by Crippen LogP contribution is -2.16. The molecule has 0 atom stereocenters. The van der Waals surface area contributed by atoms with Crippen LogP contribution in [0.25, 0.3) is 0 Å². The van der Waals surface area contributed by atoms with Crippen molar-refractivity contribution in [2.24, 2.45) is 0 Å². The second-order valence-corrected chi connectivity index (χ2v) is 4.93. The number of benzene rings is 1. The predicted molar refractivity (Wildman–Crippen MR) is 75.0 cm³/mol. The molecule has 2 rings (SSSR count). The zero-order chi connectivity index (χ0) is 15.4. The Labute approximate surface area is 123 Å². The highest BCUT2D eigenvalue weighted by atomic mass is 16.6. The van der Waals surface area contributed by atoms with Crippen LogP contribution in [0.5, 0.6) is 5.75 Å². The van der Waals surface area contributed by atoms with E-state index >= 15 is 0 Å². The summed E-state index contributed by atoms with van der Waals surface area (Å²) in [6.07, 6.45) is 0. The summed E-state index contributed by atoms with van der Waals surface area (Å²) in [6.45, 7) is 7.44. The minimum Gasteiger partial charge on any atom is -0.424 e. The molecule has 0 aliphatic rings. The highest BCUT2D eigenvalue weighted by molar-refractivity contribution is 5.74. The van der Waals surface area contributed by atoms with E-state index < -0.39 is 5.97 Å². The number of hydrogen-bond acceptors (Lipinski definition) is 6. The first-order valence-corrected chi connectivity index (χ1v) is 6.61. The van der Waals surface area contributed by atoms with Crippen LogP contribution in [0.2, 0.25) is 0 Å². The summed E-state index contributed by atoms with van der Waals surface area (Å²) >= 11 is 0. The van der Waals surface area contributed by atoms with Gasteiger partial charge in [-0.2, -0.15) is 4.98 Å². The number of nitrogens with zero attached hydrogens (tertiary/aromatic N) is 2. The zero-order valence-electron chi connectivity index (χ0n) is 12.6. The van der Waals surface area contributed by atoms with Crippen molar-refractivity contribution in [2.45, 2.75) is 34.3 Å². The molecule has 2 aromatic rings. The SMILES string of the molecule is Cc1cc(C)c(OC(=O)COCc2nc(C)no2)c(C)c1. The number of carbonyl (C=O) groups is 1. The number of carbonyl (C=O) groups excluding carboxylic acids is 1. The normalized spacial score (nSPS) is 10.7. The van der Waals surface area contributed by atoms with Crippen molar-refractivity contribution in [3.63, 3.8) is 0 Å². The molecule has 21 heavy (non-hydrogen) atoms. The van der Waals surface area contributed by atoms with Gasteiger partial charge in [-0.15, -0.1) is 0 Å². The number of hydrogen-bond donors (Lipinski definition) is 0. The van der Waals surface area contributed by atoms with Crippen LogP contribution in [0.4, 0.5) is 0 Å². The molecule has 1 heterocycles. The smallest absolute Gasteiger partial charge is 0.337 e. The minimum atomic E-state index is -0.457. The largest absolute Gasteiger partial charge is 0.424 e. The Bertz CT molecular complexity index is 626. The number of aromatic nitrogens is 2. The summed E-state index contributed by atoms with van der Waals surface area (Å²) in [5.74, 6) is 0.995. The maximum atomic E-state index is 11.8. The minimum absolute atomic E-state index is 0.0851. The monoisotopic (exact) mass is 290 g/mol. The quantitative estimate of drug-likeness (QED) is 0.622. The third-order valence-corrected chi connectivity index (χ3v) is 2.84. The molecule has 0 aliphatic carbocycles. The second kappa shape index (κ2) is 6.49. The molecule has 6 heteroatoms. The Morgan fingerprint density at radius 2 is 1.86 bits per heavy atom. The summed E-state index contributed by atoms with van der Waals surface area (Å²) < 4.78 is 15.4. The van der Waals surface area contributed by atoms with E-state index in [1.807, 2.05) is 32.9 Å². The van der Waals surface area contributed by atoms with Gasteiger partial charge in [0.05, 0.1) is 0 Å². The van der Waals surface area contributed by atoms with Crippen LogP contribution in [0.1, 0.15) is 28.4 Å². The number of aryl methyl sites for hydroxylation is 4. The lowest BCUT2D eigenvalue weighted by Gasteiger charge is -2.11. The molecular weight excluding hydrogens is 272 g/mol. The number of esters is 1. The van der Waals surface area contributed by atoms with Gasteiger partial charge in [-0.25, -0.2) is 4.79 Å². The van der Waals surface area contributed by atoms with E-state index in [9.17, 15) is 4.79 Å². The number of rotatable bonds is 5. The molecular formula is C15H18N2O4. The summed E-state index contributed by atoms with van der Waals surface area (Å²) in [5.41, 5.74) is 2.98. The van der Waals surface area contributed by atoms with Crippen LogP contribution in [-0.4, -0.2) is 22.7 Å². The Hall–Kier alpha value is -2.21. The topological polar surface area (TPSA) is 74.5 Å². The first-order chi connectivity index (χ1) is 9.95. The van der Waals surface area contributed by atoms with Crippen LogP contribution in [-0.2, 0) is 16.1 Å². The average Bonchev–Trinajstić information content (AvgIpc) is 2.79. The van der Waals surface area contributed by atoms with Gasteiger partial charge in [0.15, 0.2) is 5.82 Å². The molecule has 1 aromatic carbocycles. The van der Waals surface area contributed by atoms with E-state index in [2.05, 4.69) is 10.1 Å². The van der Waals surface area contributed by atoms with Crippen LogP contribution in [0.15, 0.2) is 16.7 Å². The molecule has 0 radical (unpaired) electrons. The van der Waals surface area contributed by atoms with Crippen molar-refractivity contribution >= 4 is 5.97 Å². The first-order valence-electron chi connectivity index (χ1n) is 6.61.